The van der Waals surface area contributed by atoms with Crippen molar-refractivity contribution in [2.45, 2.75) is 19.3 Å². The molecule has 1 aromatic rings. The second-order valence-electron chi connectivity index (χ2n) is 2.79. The summed E-state index contributed by atoms with van der Waals surface area (Å²) in [4.78, 5) is 10.0. The Hall–Kier alpha value is -1.25. The summed E-state index contributed by atoms with van der Waals surface area (Å²) in [5.41, 5.74) is 0.727. The highest BCUT2D eigenvalue weighted by Gasteiger charge is 2.30. The van der Waals surface area contributed by atoms with E-state index in [9.17, 15) is 13.6 Å². The molecule has 0 N–H and O–H groups in total. The average molecular weight is 184 g/mol. The normalized spacial score (nSPS) is 11.3. The lowest BCUT2D eigenvalue weighted by Crippen LogP contribution is -2.14. The lowest BCUT2D eigenvalue weighted by atomic mass is 10.1. The Bertz CT molecular complexity index is 290. The Labute approximate surface area is 75.4 Å². The quantitative estimate of drug-likeness (QED) is 0.660. The van der Waals surface area contributed by atoms with Crippen LogP contribution in [0.2, 0.25) is 0 Å². The van der Waals surface area contributed by atoms with Crippen LogP contribution in [-0.4, -0.2) is 6.29 Å². The van der Waals surface area contributed by atoms with Gasteiger partial charge in [0.15, 0.2) is 6.29 Å². The smallest absolute Gasteiger partial charge is 0.296 e. The fourth-order valence-electron chi connectivity index (χ4n) is 1.03. The molecular weight excluding hydrogens is 174 g/mol. The number of alkyl halides is 2. The molecular formula is C10H10F2O. The molecule has 0 radical (unpaired) electrons. The van der Waals surface area contributed by atoms with Gasteiger partial charge in [0.25, 0.3) is 0 Å². The van der Waals surface area contributed by atoms with Gasteiger partial charge < -0.3 is 0 Å². The maximum atomic E-state index is 12.8. The first kappa shape index (κ1) is 9.84. The van der Waals surface area contributed by atoms with Crippen LogP contribution < -0.4 is 0 Å². The summed E-state index contributed by atoms with van der Waals surface area (Å²) in [7, 11) is 0. The van der Waals surface area contributed by atoms with Crippen molar-refractivity contribution in [3.05, 3.63) is 35.4 Å². The second kappa shape index (κ2) is 3.64. The van der Waals surface area contributed by atoms with Gasteiger partial charge in [0, 0.05) is 5.56 Å². The van der Waals surface area contributed by atoms with Crippen molar-refractivity contribution < 1.29 is 13.6 Å². The van der Waals surface area contributed by atoms with Gasteiger partial charge in [-0.2, -0.15) is 8.78 Å². The summed E-state index contributed by atoms with van der Waals surface area (Å²) in [5.74, 6) is -3.35. The number of benzene rings is 1. The zero-order chi connectivity index (χ0) is 9.90. The van der Waals surface area contributed by atoms with E-state index in [1.165, 1.54) is 12.1 Å². The van der Waals surface area contributed by atoms with Crippen molar-refractivity contribution in [2.24, 2.45) is 0 Å². The second-order valence-corrected chi connectivity index (χ2v) is 2.79. The highest BCUT2D eigenvalue weighted by atomic mass is 19.3. The molecule has 0 aliphatic carbocycles. The van der Waals surface area contributed by atoms with Crippen molar-refractivity contribution in [2.75, 3.05) is 0 Å². The van der Waals surface area contributed by atoms with E-state index in [1.807, 2.05) is 6.92 Å². The van der Waals surface area contributed by atoms with Gasteiger partial charge in [-0.05, 0) is 12.0 Å². The molecule has 0 aliphatic heterocycles. The van der Waals surface area contributed by atoms with Gasteiger partial charge >= 0.3 is 5.92 Å². The van der Waals surface area contributed by atoms with Gasteiger partial charge in [0.05, 0.1) is 0 Å². The summed E-state index contributed by atoms with van der Waals surface area (Å²) in [5, 5.41) is 0. The molecule has 0 spiro atoms. The van der Waals surface area contributed by atoms with Crippen molar-refractivity contribution in [3.8, 4) is 0 Å². The van der Waals surface area contributed by atoms with E-state index in [1.54, 1.807) is 12.1 Å². The Balaban J connectivity index is 2.98. The summed E-state index contributed by atoms with van der Waals surface area (Å²) in [6.07, 6.45) is 0.459. The first-order valence-electron chi connectivity index (χ1n) is 4.03. The van der Waals surface area contributed by atoms with E-state index >= 15 is 0 Å². The summed E-state index contributed by atoms with van der Waals surface area (Å²) < 4.78 is 25.5. The van der Waals surface area contributed by atoms with Crippen molar-refractivity contribution in [1.82, 2.24) is 0 Å². The standard InChI is InChI=1S/C10H10F2O/c1-2-8-3-5-9(6-4-8)10(11,12)7-13/h3-7H,2H2,1H3. The predicted octanol–water partition coefficient (Wildman–Crippen LogP) is 2.54. The molecule has 13 heavy (non-hydrogen) atoms. The molecule has 0 fully saturated rings. The van der Waals surface area contributed by atoms with Gasteiger partial charge in [-0.15, -0.1) is 0 Å². The van der Waals surface area contributed by atoms with E-state index in [4.69, 9.17) is 0 Å². The molecule has 1 nitrogen and oxygen atoms in total. The number of carbonyl (C=O) groups is 1. The molecule has 0 aliphatic rings. The van der Waals surface area contributed by atoms with Gasteiger partial charge in [0.2, 0.25) is 0 Å². The van der Waals surface area contributed by atoms with Crippen LogP contribution in [0.3, 0.4) is 0 Å². The first-order chi connectivity index (χ1) is 6.10. The van der Waals surface area contributed by atoms with Gasteiger partial charge in [-0.25, -0.2) is 0 Å². The van der Waals surface area contributed by atoms with Crippen LogP contribution in [0, 0.1) is 0 Å². The minimum absolute atomic E-state index is 0.250. The highest BCUT2D eigenvalue weighted by molar-refractivity contribution is 5.63. The summed E-state index contributed by atoms with van der Waals surface area (Å²) in [6, 6.07) is 5.78. The molecule has 0 saturated heterocycles. The van der Waals surface area contributed by atoms with Crippen LogP contribution in [0.15, 0.2) is 24.3 Å². The predicted molar refractivity (Wildman–Crippen MR) is 45.8 cm³/mol. The van der Waals surface area contributed by atoms with E-state index in [2.05, 4.69) is 0 Å². The van der Waals surface area contributed by atoms with Crippen molar-refractivity contribution in [3.63, 3.8) is 0 Å². The Morgan fingerprint density at radius 1 is 1.31 bits per heavy atom. The number of aldehydes is 1. The minimum atomic E-state index is -3.35. The van der Waals surface area contributed by atoms with E-state index in [0.29, 0.717) is 0 Å². The van der Waals surface area contributed by atoms with Gasteiger partial charge in [0.1, 0.15) is 0 Å². The fourth-order valence-corrected chi connectivity index (χ4v) is 1.03. The molecule has 0 unspecified atom stereocenters. The van der Waals surface area contributed by atoms with Crippen LogP contribution in [0.4, 0.5) is 8.78 Å². The van der Waals surface area contributed by atoms with Gasteiger partial charge in [-0.3, -0.25) is 4.79 Å². The maximum Gasteiger partial charge on any atom is 0.327 e. The first-order valence-corrected chi connectivity index (χ1v) is 4.03. The molecule has 0 bridgehead atoms. The number of hydrogen-bond donors (Lipinski definition) is 0. The average Bonchev–Trinajstić information content (AvgIpc) is 2.18. The topological polar surface area (TPSA) is 17.1 Å². The van der Waals surface area contributed by atoms with E-state index < -0.39 is 5.92 Å². The van der Waals surface area contributed by atoms with Gasteiger partial charge in [-0.1, -0.05) is 31.2 Å². The third kappa shape index (κ3) is 2.11. The monoisotopic (exact) mass is 184 g/mol. The molecule has 1 rings (SSSR count). The number of halogens is 2. The number of aryl methyl sites for hydroxylation is 1. The Morgan fingerprint density at radius 3 is 2.23 bits per heavy atom. The molecule has 0 amide bonds. The van der Waals surface area contributed by atoms with E-state index in [-0.39, 0.29) is 11.8 Å². The lowest BCUT2D eigenvalue weighted by molar-refractivity contribution is -0.130. The SMILES string of the molecule is CCc1ccc(C(F)(F)C=O)cc1. The van der Waals surface area contributed by atoms with Crippen LogP contribution in [0.25, 0.3) is 0 Å². The highest BCUT2D eigenvalue weighted by Crippen LogP contribution is 2.25. The zero-order valence-electron chi connectivity index (χ0n) is 7.26. The number of hydrogen-bond acceptors (Lipinski definition) is 1. The largest absolute Gasteiger partial charge is 0.327 e. The van der Waals surface area contributed by atoms with Crippen LogP contribution in [-0.2, 0) is 17.1 Å². The van der Waals surface area contributed by atoms with Crippen molar-refractivity contribution >= 4 is 6.29 Å². The molecule has 1 aromatic carbocycles. The zero-order valence-corrected chi connectivity index (χ0v) is 7.26. The lowest BCUT2D eigenvalue weighted by Gasteiger charge is -2.08. The molecule has 0 heterocycles. The number of rotatable bonds is 3. The van der Waals surface area contributed by atoms with Crippen molar-refractivity contribution in [1.29, 1.82) is 0 Å². The number of carbonyl (C=O) groups excluding carboxylic acids is 1. The Kier molecular flexibility index (Phi) is 2.76. The third-order valence-corrected chi connectivity index (χ3v) is 1.90. The third-order valence-electron chi connectivity index (χ3n) is 1.90. The molecule has 0 atom stereocenters. The molecule has 70 valence electrons. The maximum absolute atomic E-state index is 12.8. The Morgan fingerprint density at radius 2 is 1.85 bits per heavy atom. The molecule has 0 saturated carbocycles. The van der Waals surface area contributed by atoms with Crippen LogP contribution in [0.5, 0.6) is 0 Å². The summed E-state index contributed by atoms with van der Waals surface area (Å²) in [6.45, 7) is 1.94. The van der Waals surface area contributed by atoms with Crippen LogP contribution >= 0.6 is 0 Å². The van der Waals surface area contributed by atoms with E-state index in [0.717, 1.165) is 12.0 Å². The van der Waals surface area contributed by atoms with Crippen LogP contribution in [0.1, 0.15) is 18.1 Å². The fraction of sp³-hybridized carbons (Fsp3) is 0.300. The molecule has 3 heteroatoms. The molecule has 0 aromatic heterocycles. The minimum Gasteiger partial charge on any atom is -0.296 e. The summed E-state index contributed by atoms with van der Waals surface area (Å²) >= 11 is 0.